The van der Waals surface area contributed by atoms with E-state index in [0.717, 1.165) is 24.8 Å². The number of hydrogen-bond acceptors (Lipinski definition) is 2. The summed E-state index contributed by atoms with van der Waals surface area (Å²) >= 11 is 6.10. The number of hydrogen-bond donors (Lipinski definition) is 2. The smallest absolute Gasteiger partial charge is 0.241 e. The molecule has 0 aliphatic carbocycles. The maximum atomic E-state index is 12.4. The molecular formula is C14H18ClN2O2S+. The Morgan fingerprint density at radius 3 is 2.50 bits per heavy atom. The Balaban J connectivity index is 2.35. The van der Waals surface area contributed by atoms with E-state index in [1.54, 1.807) is 30.3 Å². The van der Waals surface area contributed by atoms with Crippen LogP contribution in [0.25, 0.3) is 10.8 Å². The van der Waals surface area contributed by atoms with Gasteiger partial charge in [0, 0.05) is 22.3 Å². The minimum Gasteiger partial charge on any atom is -0.358 e. The fraction of sp³-hybridized carbons (Fsp3) is 0.286. The van der Waals surface area contributed by atoms with Gasteiger partial charge in [0.2, 0.25) is 10.0 Å². The summed E-state index contributed by atoms with van der Waals surface area (Å²) in [6.45, 7) is 1.24. The SMILES string of the molecule is [NH3+]CCCCNS(=O)(=O)c1cccc2c(Cl)cccc12. The zero-order valence-electron chi connectivity index (χ0n) is 11.1. The maximum Gasteiger partial charge on any atom is 0.241 e. The van der Waals surface area contributed by atoms with Crippen molar-refractivity contribution in [3.63, 3.8) is 0 Å². The lowest BCUT2D eigenvalue weighted by molar-refractivity contribution is -0.368. The van der Waals surface area contributed by atoms with Gasteiger partial charge in [-0.3, -0.25) is 0 Å². The van der Waals surface area contributed by atoms with E-state index >= 15 is 0 Å². The second kappa shape index (κ2) is 6.54. The second-order valence-electron chi connectivity index (χ2n) is 4.55. The molecule has 0 aliphatic heterocycles. The van der Waals surface area contributed by atoms with Crippen LogP contribution >= 0.6 is 11.6 Å². The van der Waals surface area contributed by atoms with Gasteiger partial charge in [-0.1, -0.05) is 35.9 Å². The van der Waals surface area contributed by atoms with Crippen molar-refractivity contribution in [2.75, 3.05) is 13.1 Å². The normalized spacial score (nSPS) is 11.9. The van der Waals surface area contributed by atoms with Gasteiger partial charge in [-0.05, 0) is 25.0 Å². The van der Waals surface area contributed by atoms with Crippen molar-refractivity contribution < 1.29 is 14.2 Å². The molecule has 2 aromatic carbocycles. The molecule has 0 spiro atoms. The van der Waals surface area contributed by atoms with Crippen LogP contribution in [0, 0.1) is 0 Å². The Morgan fingerprint density at radius 2 is 1.75 bits per heavy atom. The van der Waals surface area contributed by atoms with Crippen molar-refractivity contribution in [2.45, 2.75) is 17.7 Å². The molecule has 2 rings (SSSR count). The summed E-state index contributed by atoms with van der Waals surface area (Å²) in [6.07, 6.45) is 1.69. The van der Waals surface area contributed by atoms with Crippen molar-refractivity contribution in [2.24, 2.45) is 0 Å². The van der Waals surface area contributed by atoms with E-state index in [2.05, 4.69) is 10.5 Å². The molecule has 0 bridgehead atoms. The van der Waals surface area contributed by atoms with Crippen molar-refractivity contribution in [1.29, 1.82) is 0 Å². The maximum absolute atomic E-state index is 12.4. The number of benzene rings is 2. The van der Waals surface area contributed by atoms with Gasteiger partial charge in [0.05, 0.1) is 11.4 Å². The van der Waals surface area contributed by atoms with E-state index in [1.807, 2.05) is 6.07 Å². The molecule has 6 heteroatoms. The first-order valence-corrected chi connectivity index (χ1v) is 8.38. The van der Waals surface area contributed by atoms with Crippen LogP contribution in [0.3, 0.4) is 0 Å². The van der Waals surface area contributed by atoms with Gasteiger partial charge >= 0.3 is 0 Å². The average Bonchev–Trinajstić information content (AvgIpc) is 2.43. The molecule has 0 radical (unpaired) electrons. The van der Waals surface area contributed by atoms with Crippen LogP contribution in [0.4, 0.5) is 0 Å². The van der Waals surface area contributed by atoms with Crippen molar-refractivity contribution >= 4 is 32.4 Å². The highest BCUT2D eigenvalue weighted by Gasteiger charge is 2.17. The molecule has 4 N–H and O–H groups in total. The third-order valence-electron chi connectivity index (χ3n) is 3.09. The molecule has 0 amide bonds. The first kappa shape index (κ1) is 15.3. The predicted molar refractivity (Wildman–Crippen MR) is 81.1 cm³/mol. The van der Waals surface area contributed by atoms with Gasteiger partial charge in [0.1, 0.15) is 0 Å². The van der Waals surface area contributed by atoms with Gasteiger partial charge in [-0.15, -0.1) is 0 Å². The monoisotopic (exact) mass is 313 g/mol. The molecule has 0 unspecified atom stereocenters. The Bertz CT molecular complexity index is 701. The van der Waals surface area contributed by atoms with Crippen LogP contribution in [0.15, 0.2) is 41.3 Å². The lowest BCUT2D eigenvalue weighted by Crippen LogP contribution is -2.50. The lowest BCUT2D eigenvalue weighted by atomic mass is 10.1. The zero-order valence-corrected chi connectivity index (χ0v) is 12.7. The van der Waals surface area contributed by atoms with E-state index in [4.69, 9.17) is 11.6 Å². The zero-order chi connectivity index (χ0) is 14.6. The van der Waals surface area contributed by atoms with Crippen LogP contribution in [-0.2, 0) is 10.0 Å². The number of unbranched alkanes of at least 4 members (excludes halogenated alkanes) is 1. The largest absolute Gasteiger partial charge is 0.358 e. The summed E-state index contributed by atoms with van der Waals surface area (Å²) < 4.78 is 27.3. The summed E-state index contributed by atoms with van der Waals surface area (Å²) in [4.78, 5) is 0.270. The number of rotatable bonds is 6. The van der Waals surface area contributed by atoms with Crippen LogP contribution in [0.5, 0.6) is 0 Å². The molecule has 2 aromatic rings. The number of fused-ring (bicyclic) bond motifs is 1. The average molecular weight is 314 g/mol. The summed E-state index contributed by atoms with van der Waals surface area (Å²) in [5.74, 6) is 0. The molecule has 0 saturated heterocycles. The highest BCUT2D eigenvalue weighted by Crippen LogP contribution is 2.28. The molecule has 0 atom stereocenters. The number of halogens is 1. The number of sulfonamides is 1. The standard InChI is InChI=1S/C14H17ClN2O2S/c15-13-7-3-6-12-11(13)5-4-8-14(12)20(18,19)17-10-2-1-9-16/h3-8,17H,1-2,9-10,16H2/p+1. The predicted octanol–water partition coefficient (Wildman–Crippen LogP) is 1.79. The van der Waals surface area contributed by atoms with E-state index in [9.17, 15) is 8.42 Å². The summed E-state index contributed by atoms with van der Waals surface area (Å²) in [7, 11) is -3.51. The Hall–Kier alpha value is -1.14. The molecule has 0 aliphatic rings. The van der Waals surface area contributed by atoms with Crippen molar-refractivity contribution in [1.82, 2.24) is 4.72 Å². The molecule has 0 aromatic heterocycles. The van der Waals surface area contributed by atoms with Gasteiger partial charge in [-0.25, -0.2) is 13.1 Å². The van der Waals surface area contributed by atoms with Crippen LogP contribution < -0.4 is 10.5 Å². The minimum absolute atomic E-state index is 0.270. The Kier molecular flexibility index (Phi) is 4.99. The van der Waals surface area contributed by atoms with Crippen LogP contribution in [0.2, 0.25) is 5.02 Å². The highest BCUT2D eigenvalue weighted by atomic mass is 35.5. The van der Waals surface area contributed by atoms with E-state index < -0.39 is 10.0 Å². The topological polar surface area (TPSA) is 73.8 Å². The first-order chi connectivity index (χ1) is 9.56. The molecular weight excluding hydrogens is 296 g/mol. The highest BCUT2D eigenvalue weighted by molar-refractivity contribution is 7.89. The molecule has 0 saturated carbocycles. The molecule has 20 heavy (non-hydrogen) atoms. The molecule has 0 heterocycles. The van der Waals surface area contributed by atoms with Gasteiger partial charge in [0.15, 0.2) is 0 Å². The first-order valence-electron chi connectivity index (χ1n) is 6.52. The van der Waals surface area contributed by atoms with Crippen molar-refractivity contribution in [3.05, 3.63) is 41.4 Å². The Labute approximate surface area is 124 Å². The fourth-order valence-electron chi connectivity index (χ4n) is 2.06. The quantitative estimate of drug-likeness (QED) is 0.798. The van der Waals surface area contributed by atoms with Gasteiger partial charge in [-0.2, -0.15) is 0 Å². The second-order valence-corrected chi connectivity index (χ2v) is 6.69. The summed E-state index contributed by atoms with van der Waals surface area (Å²) in [5, 5.41) is 1.94. The van der Waals surface area contributed by atoms with Crippen molar-refractivity contribution in [3.8, 4) is 0 Å². The third kappa shape index (κ3) is 3.30. The fourth-order valence-corrected chi connectivity index (χ4v) is 3.59. The Morgan fingerprint density at radius 1 is 1.05 bits per heavy atom. The van der Waals surface area contributed by atoms with E-state index in [-0.39, 0.29) is 4.90 Å². The molecule has 4 nitrogen and oxygen atoms in total. The van der Waals surface area contributed by atoms with Gasteiger partial charge in [0.25, 0.3) is 0 Å². The molecule has 108 valence electrons. The summed E-state index contributed by atoms with van der Waals surface area (Å²) in [6, 6.07) is 10.4. The van der Waals surface area contributed by atoms with E-state index in [0.29, 0.717) is 17.0 Å². The van der Waals surface area contributed by atoms with Gasteiger partial charge < -0.3 is 5.73 Å². The number of nitrogens with one attached hydrogen (secondary N) is 1. The number of quaternary nitrogens is 1. The van der Waals surface area contributed by atoms with E-state index in [1.165, 1.54) is 0 Å². The minimum atomic E-state index is -3.51. The van der Waals surface area contributed by atoms with Crippen LogP contribution in [0.1, 0.15) is 12.8 Å². The van der Waals surface area contributed by atoms with Crippen LogP contribution in [-0.4, -0.2) is 21.5 Å². The molecule has 0 fully saturated rings. The lowest BCUT2D eigenvalue weighted by Gasteiger charge is -2.10. The third-order valence-corrected chi connectivity index (χ3v) is 4.94. The summed E-state index contributed by atoms with van der Waals surface area (Å²) in [5.41, 5.74) is 3.74.